The number of fused-ring (bicyclic) bond motifs is 1. The first kappa shape index (κ1) is 20.5. The van der Waals surface area contributed by atoms with Crippen molar-refractivity contribution in [3.8, 4) is 0 Å². The molecule has 0 saturated carbocycles. The Morgan fingerprint density at radius 1 is 0.895 bits per heavy atom. The minimum Gasteiger partial charge on any atom is -0.313 e. The van der Waals surface area contributed by atoms with Crippen molar-refractivity contribution < 1.29 is 0 Å². The van der Waals surface area contributed by atoms with Gasteiger partial charge < -0.3 is 5.32 Å². The lowest BCUT2D eigenvalue weighted by Crippen LogP contribution is -2.11. The van der Waals surface area contributed by atoms with Crippen LogP contribution in [0.3, 0.4) is 0 Å². The SMILES string of the molecule is CC.CC.CC(C)C.c1ccc2c(c1)CCCNC2. The Morgan fingerprint density at radius 2 is 1.37 bits per heavy atom. The van der Waals surface area contributed by atoms with Crippen LogP contribution in [0.5, 0.6) is 0 Å². The highest BCUT2D eigenvalue weighted by molar-refractivity contribution is 5.27. The summed E-state index contributed by atoms with van der Waals surface area (Å²) >= 11 is 0. The molecule has 1 nitrogen and oxygen atoms in total. The van der Waals surface area contributed by atoms with E-state index < -0.39 is 0 Å². The van der Waals surface area contributed by atoms with Crippen molar-refractivity contribution >= 4 is 0 Å². The van der Waals surface area contributed by atoms with Crippen molar-refractivity contribution in [3.05, 3.63) is 35.4 Å². The molecular weight excluding hydrogens is 230 g/mol. The molecule has 1 aromatic carbocycles. The molecule has 0 amide bonds. The zero-order valence-corrected chi connectivity index (χ0v) is 14.2. The standard InChI is InChI=1S/C10H13N.C4H10.2C2H6/c1-2-5-10-8-11-7-3-6-9(10)4-1;1-4(2)3;2*1-2/h1-2,4-5,11H,3,6-8H2;4H,1-3H3;2*1-2H3. The summed E-state index contributed by atoms with van der Waals surface area (Å²) < 4.78 is 0. The van der Waals surface area contributed by atoms with Gasteiger partial charge in [-0.05, 0) is 36.4 Å². The van der Waals surface area contributed by atoms with Crippen LogP contribution in [-0.2, 0) is 13.0 Å². The molecule has 1 aliphatic rings. The molecule has 1 aliphatic heterocycles. The normalized spacial score (nSPS) is 12.4. The zero-order chi connectivity index (χ0) is 15.1. The minimum absolute atomic E-state index is 0.833. The molecule has 0 aromatic heterocycles. The summed E-state index contributed by atoms with van der Waals surface area (Å²) in [5.41, 5.74) is 3.00. The molecular formula is C18H35N. The molecule has 0 unspecified atom stereocenters. The summed E-state index contributed by atoms with van der Waals surface area (Å²) in [6, 6.07) is 8.70. The predicted molar refractivity (Wildman–Crippen MR) is 89.7 cm³/mol. The lowest BCUT2D eigenvalue weighted by atomic mass is 10.0. The molecule has 1 aromatic rings. The largest absolute Gasteiger partial charge is 0.313 e. The Hall–Kier alpha value is -0.820. The minimum atomic E-state index is 0.833. The van der Waals surface area contributed by atoms with Crippen LogP contribution in [0.25, 0.3) is 0 Å². The summed E-state index contributed by atoms with van der Waals surface area (Å²) in [6.07, 6.45) is 2.51. The fourth-order valence-electron chi connectivity index (χ4n) is 1.60. The number of aryl methyl sites for hydroxylation is 1. The molecule has 2 rings (SSSR count). The first-order valence-corrected chi connectivity index (χ1v) is 7.97. The average Bonchev–Trinajstić information content (AvgIpc) is 2.68. The van der Waals surface area contributed by atoms with Gasteiger partial charge in [0, 0.05) is 6.54 Å². The lowest BCUT2D eigenvalue weighted by Gasteiger charge is -2.02. The second-order valence-electron chi connectivity index (χ2n) is 4.78. The van der Waals surface area contributed by atoms with Crippen LogP contribution in [0.15, 0.2) is 24.3 Å². The van der Waals surface area contributed by atoms with Crippen LogP contribution < -0.4 is 5.32 Å². The third kappa shape index (κ3) is 12.0. The van der Waals surface area contributed by atoms with E-state index in [1.807, 2.05) is 27.7 Å². The number of hydrogen-bond acceptors (Lipinski definition) is 1. The number of hydrogen-bond donors (Lipinski definition) is 1. The van der Waals surface area contributed by atoms with E-state index in [0.29, 0.717) is 0 Å². The van der Waals surface area contributed by atoms with Crippen molar-refractivity contribution in [1.29, 1.82) is 0 Å². The summed E-state index contributed by atoms with van der Waals surface area (Å²) in [4.78, 5) is 0. The van der Waals surface area contributed by atoms with Crippen molar-refractivity contribution in [1.82, 2.24) is 5.32 Å². The van der Waals surface area contributed by atoms with Crippen molar-refractivity contribution in [2.75, 3.05) is 6.54 Å². The molecule has 1 N–H and O–H groups in total. The van der Waals surface area contributed by atoms with Gasteiger partial charge in [0.1, 0.15) is 0 Å². The van der Waals surface area contributed by atoms with Crippen LogP contribution >= 0.6 is 0 Å². The Labute approximate surface area is 121 Å². The summed E-state index contributed by atoms with van der Waals surface area (Å²) in [6.45, 7) is 16.7. The van der Waals surface area contributed by atoms with E-state index in [9.17, 15) is 0 Å². The maximum atomic E-state index is 3.40. The molecule has 0 spiro atoms. The van der Waals surface area contributed by atoms with E-state index >= 15 is 0 Å². The van der Waals surface area contributed by atoms with Crippen molar-refractivity contribution in [2.45, 2.75) is 67.9 Å². The van der Waals surface area contributed by atoms with Gasteiger partial charge >= 0.3 is 0 Å². The van der Waals surface area contributed by atoms with Gasteiger partial charge in [-0.1, -0.05) is 72.7 Å². The topological polar surface area (TPSA) is 12.0 Å². The van der Waals surface area contributed by atoms with Gasteiger partial charge in [0.25, 0.3) is 0 Å². The summed E-state index contributed by atoms with van der Waals surface area (Å²) in [7, 11) is 0. The van der Waals surface area contributed by atoms with E-state index in [1.54, 1.807) is 0 Å². The highest BCUT2D eigenvalue weighted by atomic mass is 14.8. The maximum absolute atomic E-state index is 3.40. The number of nitrogens with one attached hydrogen (secondary N) is 1. The second-order valence-corrected chi connectivity index (χ2v) is 4.78. The van der Waals surface area contributed by atoms with Crippen molar-refractivity contribution in [2.24, 2.45) is 5.92 Å². The molecule has 1 heterocycles. The maximum Gasteiger partial charge on any atom is 0.0208 e. The predicted octanol–water partition coefficient (Wildman–Crippen LogP) is 5.44. The van der Waals surface area contributed by atoms with E-state index in [-0.39, 0.29) is 0 Å². The third-order valence-electron chi connectivity index (χ3n) is 2.23. The highest BCUT2D eigenvalue weighted by Crippen LogP contribution is 2.12. The molecule has 19 heavy (non-hydrogen) atoms. The van der Waals surface area contributed by atoms with Crippen LogP contribution in [0.1, 0.15) is 66.0 Å². The summed E-state index contributed by atoms with van der Waals surface area (Å²) in [5.74, 6) is 0.833. The highest BCUT2D eigenvalue weighted by Gasteiger charge is 2.04. The Kier molecular flexibility index (Phi) is 16.4. The molecule has 1 heteroatoms. The fourth-order valence-corrected chi connectivity index (χ4v) is 1.60. The van der Waals surface area contributed by atoms with Crippen LogP contribution in [0.4, 0.5) is 0 Å². The van der Waals surface area contributed by atoms with Gasteiger partial charge in [-0.15, -0.1) is 0 Å². The van der Waals surface area contributed by atoms with E-state index in [0.717, 1.165) is 19.0 Å². The molecule has 0 fully saturated rings. The van der Waals surface area contributed by atoms with Crippen molar-refractivity contribution in [3.63, 3.8) is 0 Å². The number of benzene rings is 1. The fraction of sp³-hybridized carbons (Fsp3) is 0.667. The molecule has 0 radical (unpaired) electrons. The smallest absolute Gasteiger partial charge is 0.0208 e. The van der Waals surface area contributed by atoms with E-state index in [1.165, 1.54) is 24.0 Å². The Morgan fingerprint density at radius 3 is 1.89 bits per heavy atom. The van der Waals surface area contributed by atoms with E-state index in [4.69, 9.17) is 0 Å². The summed E-state index contributed by atoms with van der Waals surface area (Å²) in [5, 5.41) is 3.40. The average molecular weight is 265 g/mol. The Bertz CT molecular complexity index is 251. The quantitative estimate of drug-likeness (QED) is 0.659. The van der Waals surface area contributed by atoms with Crippen LogP contribution in [-0.4, -0.2) is 6.54 Å². The first-order valence-electron chi connectivity index (χ1n) is 7.97. The Balaban J connectivity index is 0. The zero-order valence-electron chi connectivity index (χ0n) is 14.2. The number of rotatable bonds is 0. The van der Waals surface area contributed by atoms with Gasteiger partial charge in [-0.2, -0.15) is 0 Å². The molecule has 0 saturated heterocycles. The van der Waals surface area contributed by atoms with Gasteiger partial charge in [0.05, 0.1) is 0 Å². The second kappa shape index (κ2) is 15.2. The molecule has 112 valence electrons. The lowest BCUT2D eigenvalue weighted by molar-refractivity contribution is 0.681. The third-order valence-corrected chi connectivity index (χ3v) is 2.23. The first-order chi connectivity index (χ1) is 9.20. The van der Waals surface area contributed by atoms with Crippen LogP contribution in [0, 0.1) is 5.92 Å². The molecule has 0 atom stereocenters. The van der Waals surface area contributed by atoms with Crippen LogP contribution in [0.2, 0.25) is 0 Å². The van der Waals surface area contributed by atoms with Gasteiger partial charge in [0.15, 0.2) is 0 Å². The molecule has 0 bridgehead atoms. The molecule has 0 aliphatic carbocycles. The van der Waals surface area contributed by atoms with E-state index in [2.05, 4.69) is 50.4 Å². The van der Waals surface area contributed by atoms with Gasteiger partial charge in [-0.3, -0.25) is 0 Å². The van der Waals surface area contributed by atoms with Gasteiger partial charge in [0.2, 0.25) is 0 Å². The van der Waals surface area contributed by atoms with Gasteiger partial charge in [-0.25, -0.2) is 0 Å². The monoisotopic (exact) mass is 265 g/mol.